The molecule has 1 saturated heterocycles. The number of hydrogen-bond donors (Lipinski definition) is 0. The van der Waals surface area contributed by atoms with Crippen molar-refractivity contribution in [2.24, 2.45) is 16.8 Å². The molecule has 2 aliphatic rings. The molecule has 4 nitrogen and oxygen atoms in total. The minimum absolute atomic E-state index is 0.0786. The Bertz CT molecular complexity index is 1110. The molecular formula is C33H45N3O. The van der Waals surface area contributed by atoms with E-state index in [4.69, 9.17) is 11.4 Å². The molecule has 1 fully saturated rings. The third-order valence-electron chi connectivity index (χ3n) is 7.45. The van der Waals surface area contributed by atoms with E-state index >= 15 is 0 Å². The minimum atomic E-state index is -0.0786. The average molecular weight is 500 g/mol. The molecule has 2 aliphatic heterocycles. The van der Waals surface area contributed by atoms with Gasteiger partial charge in [-0.2, -0.15) is 0 Å². The molecule has 2 rings (SSSR count). The number of rotatable bonds is 10. The summed E-state index contributed by atoms with van der Waals surface area (Å²) < 4.78 is 0. The number of likely N-dealkylation sites (tertiary alicyclic amines) is 1. The Labute approximate surface area is 225 Å². The molecule has 2 heterocycles. The van der Waals surface area contributed by atoms with Crippen LogP contribution in [-0.2, 0) is 4.79 Å². The Hall–Kier alpha value is -3.16. The number of carbonyl (C=O) groups is 1. The van der Waals surface area contributed by atoms with E-state index in [1.165, 1.54) is 18.1 Å². The quantitative estimate of drug-likeness (QED) is 0.136. The van der Waals surface area contributed by atoms with Crippen LogP contribution in [0.5, 0.6) is 0 Å². The molecule has 4 heteroatoms. The zero-order chi connectivity index (χ0) is 27.5. The molecule has 0 bridgehead atoms. The highest BCUT2D eigenvalue weighted by Gasteiger charge is 2.20. The maximum atomic E-state index is 12.2. The van der Waals surface area contributed by atoms with E-state index in [1.54, 1.807) is 6.08 Å². The third kappa shape index (κ3) is 8.72. The lowest BCUT2D eigenvalue weighted by Crippen LogP contribution is -2.33. The number of allylic oxidation sites excluding steroid dienone is 8. The average Bonchev–Trinajstić information content (AvgIpc) is 2.89. The van der Waals surface area contributed by atoms with Gasteiger partial charge in [-0.15, -0.1) is 6.42 Å². The van der Waals surface area contributed by atoms with Crippen LogP contribution in [0.1, 0.15) is 67.7 Å². The lowest BCUT2D eigenvalue weighted by atomic mass is 9.88. The summed E-state index contributed by atoms with van der Waals surface area (Å²) in [6.07, 6.45) is 23.1. The normalized spacial score (nSPS) is 20.2. The predicted octanol–water partition coefficient (Wildman–Crippen LogP) is 7.38. The topological polar surface area (TPSA) is 35.9 Å². The highest BCUT2D eigenvalue weighted by atomic mass is 16.1. The van der Waals surface area contributed by atoms with Gasteiger partial charge in [-0.1, -0.05) is 51.0 Å². The molecule has 0 aromatic carbocycles. The van der Waals surface area contributed by atoms with E-state index in [-0.39, 0.29) is 5.78 Å². The largest absolute Gasteiger partial charge is 0.324 e. The first kappa shape index (κ1) is 30.1. The SMILES string of the molecule is C#CC(/C=C\C(=C/C)C1CCN(CC)CC1)=N\C(=C/C(C)=O)C1=CN(/C=C(/C)C(C)CC)C(=C)C(C)=C1. The van der Waals surface area contributed by atoms with E-state index in [0.29, 0.717) is 23.2 Å². The Morgan fingerprint density at radius 1 is 1.27 bits per heavy atom. The number of carbonyl (C=O) groups excluding carboxylic acids is 1. The predicted molar refractivity (Wildman–Crippen MR) is 159 cm³/mol. The molecule has 0 aromatic rings. The van der Waals surface area contributed by atoms with Crippen LogP contribution in [0.25, 0.3) is 0 Å². The summed E-state index contributed by atoms with van der Waals surface area (Å²) in [7, 11) is 0. The Kier molecular flexibility index (Phi) is 11.8. The summed E-state index contributed by atoms with van der Waals surface area (Å²) in [6.45, 7) is 22.0. The number of piperidine rings is 1. The summed E-state index contributed by atoms with van der Waals surface area (Å²) in [6, 6.07) is 0. The van der Waals surface area contributed by atoms with Gasteiger partial charge in [-0.05, 0) is 102 Å². The van der Waals surface area contributed by atoms with Crippen molar-refractivity contribution < 1.29 is 4.79 Å². The van der Waals surface area contributed by atoms with Crippen molar-refractivity contribution in [2.45, 2.75) is 67.7 Å². The second-order valence-electron chi connectivity index (χ2n) is 10.1. The number of nitrogens with zero attached hydrogens (tertiary/aromatic N) is 3. The maximum absolute atomic E-state index is 12.2. The first-order valence-electron chi connectivity index (χ1n) is 13.5. The lowest BCUT2D eigenvalue weighted by Gasteiger charge is -2.31. The van der Waals surface area contributed by atoms with Gasteiger partial charge in [-0.3, -0.25) is 4.79 Å². The molecule has 0 saturated carbocycles. The van der Waals surface area contributed by atoms with Gasteiger partial charge in [-0.25, -0.2) is 4.99 Å². The van der Waals surface area contributed by atoms with Gasteiger partial charge in [0.25, 0.3) is 0 Å². The standard InChI is InChI=1S/C33H45N3O/c1-10-24(5)26(7)22-36-23-31(20-25(6)28(36)9)33(21-27(8)37)34-32(12-3)15-14-29(11-2)30-16-18-35(13-4)19-17-30/h3,11,14-15,20-24,30H,9-10,13,16-19H2,1-2,4-8H3/b15-14-,26-22-,29-11+,33-21-,34-32+. The first-order chi connectivity index (χ1) is 17.6. The fraction of sp³-hybridized carbons (Fsp3) is 0.455. The van der Waals surface area contributed by atoms with Gasteiger partial charge in [0.1, 0.15) is 5.71 Å². The smallest absolute Gasteiger partial charge is 0.154 e. The van der Waals surface area contributed by atoms with Crippen molar-refractivity contribution in [1.82, 2.24) is 9.80 Å². The number of terminal acetylenes is 1. The van der Waals surface area contributed by atoms with E-state index in [9.17, 15) is 4.79 Å². The Morgan fingerprint density at radius 3 is 2.49 bits per heavy atom. The van der Waals surface area contributed by atoms with E-state index < -0.39 is 0 Å². The van der Waals surface area contributed by atoms with Crippen molar-refractivity contribution in [3.05, 3.63) is 83.0 Å². The maximum Gasteiger partial charge on any atom is 0.154 e. The highest BCUT2D eigenvalue weighted by molar-refractivity contribution is 6.09. The minimum Gasteiger partial charge on any atom is -0.324 e. The van der Waals surface area contributed by atoms with Crippen molar-refractivity contribution >= 4 is 11.5 Å². The molecule has 1 atom stereocenters. The first-order valence-corrected chi connectivity index (χ1v) is 13.5. The van der Waals surface area contributed by atoms with Crippen LogP contribution in [0.4, 0.5) is 0 Å². The van der Waals surface area contributed by atoms with Gasteiger partial charge in [0.2, 0.25) is 0 Å². The summed E-state index contributed by atoms with van der Waals surface area (Å²) >= 11 is 0. The van der Waals surface area contributed by atoms with Gasteiger partial charge in [0, 0.05) is 29.7 Å². The van der Waals surface area contributed by atoms with Crippen LogP contribution >= 0.6 is 0 Å². The van der Waals surface area contributed by atoms with Crippen molar-refractivity contribution in [1.29, 1.82) is 0 Å². The van der Waals surface area contributed by atoms with Crippen LogP contribution < -0.4 is 0 Å². The van der Waals surface area contributed by atoms with E-state index in [0.717, 1.165) is 55.7 Å². The molecule has 37 heavy (non-hydrogen) atoms. The molecular weight excluding hydrogens is 454 g/mol. The molecule has 198 valence electrons. The van der Waals surface area contributed by atoms with Crippen LogP contribution in [0, 0.1) is 24.2 Å². The zero-order valence-electron chi connectivity index (χ0n) is 24.0. The molecule has 1 unspecified atom stereocenters. The van der Waals surface area contributed by atoms with Crippen molar-refractivity contribution in [3.63, 3.8) is 0 Å². The molecule has 0 amide bonds. The summed E-state index contributed by atoms with van der Waals surface area (Å²) in [4.78, 5) is 21.4. The summed E-state index contributed by atoms with van der Waals surface area (Å²) in [5.41, 5.74) is 6.35. The Morgan fingerprint density at radius 2 is 1.95 bits per heavy atom. The van der Waals surface area contributed by atoms with Gasteiger partial charge in [0.15, 0.2) is 5.78 Å². The molecule has 0 aromatic heterocycles. The van der Waals surface area contributed by atoms with Crippen LogP contribution in [0.2, 0.25) is 0 Å². The van der Waals surface area contributed by atoms with Gasteiger partial charge >= 0.3 is 0 Å². The summed E-state index contributed by atoms with van der Waals surface area (Å²) in [5, 5.41) is 0. The van der Waals surface area contributed by atoms with Crippen molar-refractivity contribution in [2.75, 3.05) is 19.6 Å². The van der Waals surface area contributed by atoms with Gasteiger partial charge in [0.05, 0.1) is 5.70 Å². The zero-order valence-corrected chi connectivity index (χ0v) is 24.0. The number of ketones is 1. The second kappa shape index (κ2) is 14.5. The lowest BCUT2D eigenvalue weighted by molar-refractivity contribution is -0.112. The second-order valence-corrected chi connectivity index (χ2v) is 10.1. The van der Waals surface area contributed by atoms with Crippen molar-refractivity contribution in [3.8, 4) is 12.3 Å². The number of aliphatic imine (C=N–C) groups is 1. The van der Waals surface area contributed by atoms with Gasteiger partial charge < -0.3 is 9.80 Å². The van der Waals surface area contributed by atoms with E-state index in [1.807, 2.05) is 30.2 Å². The fourth-order valence-corrected chi connectivity index (χ4v) is 4.55. The molecule has 0 aliphatic carbocycles. The fourth-order valence-electron chi connectivity index (χ4n) is 4.55. The van der Waals surface area contributed by atoms with Crippen LogP contribution in [0.15, 0.2) is 88.0 Å². The highest BCUT2D eigenvalue weighted by Crippen LogP contribution is 2.29. The number of hydrogen-bond acceptors (Lipinski definition) is 4. The third-order valence-corrected chi connectivity index (χ3v) is 7.45. The van der Waals surface area contributed by atoms with Crippen LogP contribution in [-0.4, -0.2) is 40.9 Å². The molecule has 0 radical (unpaired) electrons. The van der Waals surface area contributed by atoms with Crippen LogP contribution in [0.3, 0.4) is 0 Å². The van der Waals surface area contributed by atoms with E-state index in [2.05, 4.69) is 70.4 Å². The molecule has 0 N–H and O–H groups in total. The summed E-state index contributed by atoms with van der Waals surface area (Å²) in [5.74, 6) is 3.63. The Balaban J connectivity index is 2.39. The molecule has 0 spiro atoms. The monoisotopic (exact) mass is 499 g/mol.